The number of carboxylic acid groups (broad SMARTS) is 1. The molecule has 7 heteroatoms. The molecule has 0 bridgehead atoms. The molecule has 1 aromatic heterocycles. The molecule has 2 heterocycles. The summed E-state index contributed by atoms with van der Waals surface area (Å²) in [5, 5.41) is 10.2. The number of aromatic nitrogens is 1. The van der Waals surface area contributed by atoms with Crippen molar-refractivity contribution >= 4 is 50.3 Å². The van der Waals surface area contributed by atoms with Gasteiger partial charge in [-0.2, -0.15) is 0 Å². The molecule has 1 N–H and O–H groups in total. The Labute approximate surface area is 192 Å². The zero-order valence-corrected chi connectivity index (χ0v) is 18.7. The zero-order chi connectivity index (χ0) is 22.6. The van der Waals surface area contributed by atoms with E-state index in [2.05, 4.69) is 20.9 Å². The molecule has 5 rings (SSSR count). The molecular weight excluding hydrogens is 472 g/mol. The van der Waals surface area contributed by atoms with Crippen LogP contribution in [0.3, 0.4) is 0 Å². The van der Waals surface area contributed by atoms with E-state index >= 15 is 0 Å². The molecule has 0 saturated carbocycles. The molecule has 3 unspecified atom stereocenters. The molecule has 2 aromatic carbocycles. The number of fused-ring (bicyclic) bond motifs is 2. The van der Waals surface area contributed by atoms with Crippen LogP contribution in [0.1, 0.15) is 23.7 Å². The van der Waals surface area contributed by atoms with Gasteiger partial charge in [-0.1, -0.05) is 47.1 Å². The molecule has 2 aliphatic rings. The molecule has 3 aromatic rings. The van der Waals surface area contributed by atoms with Gasteiger partial charge in [0.05, 0.1) is 34.3 Å². The molecule has 0 spiro atoms. The number of allylic oxidation sites excluding steroid dienone is 2. The van der Waals surface area contributed by atoms with Gasteiger partial charge in [0.25, 0.3) is 0 Å². The van der Waals surface area contributed by atoms with Crippen molar-refractivity contribution in [2.24, 2.45) is 17.8 Å². The van der Waals surface area contributed by atoms with Gasteiger partial charge in [-0.05, 0) is 48.7 Å². The first-order valence-electron chi connectivity index (χ1n) is 10.3. The number of halogens is 1. The quantitative estimate of drug-likeness (QED) is 0.409. The minimum Gasteiger partial charge on any atom is -0.478 e. The Morgan fingerprint density at radius 2 is 1.84 bits per heavy atom. The Balaban J connectivity index is 1.51. The zero-order valence-electron chi connectivity index (χ0n) is 17.2. The minimum absolute atomic E-state index is 0.0331. The minimum atomic E-state index is -1.04. The average Bonchev–Trinajstić information content (AvgIpc) is 3.04. The van der Waals surface area contributed by atoms with Crippen LogP contribution in [0, 0.1) is 17.8 Å². The number of pyridine rings is 1. The van der Waals surface area contributed by atoms with Gasteiger partial charge < -0.3 is 5.11 Å². The molecule has 1 aliphatic heterocycles. The van der Waals surface area contributed by atoms with Crippen LogP contribution in [-0.2, 0) is 9.59 Å². The Hall–Kier alpha value is -3.32. The summed E-state index contributed by atoms with van der Waals surface area (Å²) in [5.74, 6) is -1.94. The second kappa shape index (κ2) is 7.67. The first kappa shape index (κ1) is 20.6. The van der Waals surface area contributed by atoms with Crippen molar-refractivity contribution in [1.82, 2.24) is 4.98 Å². The number of aromatic carboxylic acids is 1. The van der Waals surface area contributed by atoms with Gasteiger partial charge in [0, 0.05) is 15.4 Å². The fourth-order valence-electron chi connectivity index (χ4n) is 4.71. The van der Waals surface area contributed by atoms with Gasteiger partial charge in [-0.3, -0.25) is 14.5 Å². The van der Waals surface area contributed by atoms with Crippen molar-refractivity contribution in [1.29, 1.82) is 0 Å². The predicted molar refractivity (Wildman–Crippen MR) is 124 cm³/mol. The SMILES string of the molecule is CC1C=CCC2C(=O)N(c3ccc(-c4cc(C(=O)O)c5cc(Br)ccc5n4)cc3)C(=O)C12. The lowest BCUT2D eigenvalue weighted by Crippen LogP contribution is -2.31. The molecule has 1 saturated heterocycles. The number of imide groups is 1. The van der Waals surface area contributed by atoms with E-state index in [1.807, 2.05) is 25.1 Å². The maximum atomic E-state index is 13.0. The first-order valence-corrected chi connectivity index (χ1v) is 11.1. The van der Waals surface area contributed by atoms with E-state index in [0.29, 0.717) is 34.3 Å². The van der Waals surface area contributed by atoms with Gasteiger partial charge in [0.2, 0.25) is 11.8 Å². The molecule has 32 heavy (non-hydrogen) atoms. The number of hydrogen-bond donors (Lipinski definition) is 1. The van der Waals surface area contributed by atoms with Crippen LogP contribution in [0.4, 0.5) is 5.69 Å². The van der Waals surface area contributed by atoms with Crippen LogP contribution in [0.25, 0.3) is 22.2 Å². The Morgan fingerprint density at radius 1 is 1.09 bits per heavy atom. The van der Waals surface area contributed by atoms with Gasteiger partial charge in [0.1, 0.15) is 0 Å². The van der Waals surface area contributed by atoms with Gasteiger partial charge >= 0.3 is 5.97 Å². The van der Waals surface area contributed by atoms with Crippen LogP contribution >= 0.6 is 15.9 Å². The topological polar surface area (TPSA) is 87.6 Å². The number of nitrogens with zero attached hydrogens (tertiary/aromatic N) is 2. The fourth-order valence-corrected chi connectivity index (χ4v) is 5.07. The number of benzene rings is 2. The summed E-state index contributed by atoms with van der Waals surface area (Å²) < 4.78 is 0.774. The number of hydrogen-bond acceptors (Lipinski definition) is 4. The number of carbonyl (C=O) groups excluding carboxylic acids is 2. The standard InChI is InChI=1S/C25H19BrN2O4/c1-13-3-2-4-17-22(13)24(30)28(23(17)29)16-8-5-14(6-9-16)21-12-19(25(31)32)18-11-15(26)7-10-20(18)27-21/h2-3,5-13,17,22H,4H2,1H3,(H,31,32). The third-order valence-corrected chi connectivity index (χ3v) is 6.79. The average molecular weight is 491 g/mol. The molecule has 160 valence electrons. The summed E-state index contributed by atoms with van der Waals surface area (Å²) >= 11 is 3.37. The van der Waals surface area contributed by atoms with Crippen molar-refractivity contribution in [2.75, 3.05) is 4.90 Å². The van der Waals surface area contributed by atoms with E-state index in [-0.39, 0.29) is 35.1 Å². The highest BCUT2D eigenvalue weighted by atomic mass is 79.9. The van der Waals surface area contributed by atoms with Crippen LogP contribution in [-0.4, -0.2) is 27.9 Å². The summed E-state index contributed by atoms with van der Waals surface area (Å²) in [4.78, 5) is 43.7. The van der Waals surface area contributed by atoms with Crippen molar-refractivity contribution < 1.29 is 19.5 Å². The lowest BCUT2D eigenvalue weighted by molar-refractivity contribution is -0.122. The predicted octanol–water partition coefficient (Wildman–Crippen LogP) is 5.06. The third kappa shape index (κ3) is 3.24. The Kier molecular flexibility index (Phi) is 4.93. The van der Waals surface area contributed by atoms with Crippen LogP contribution in [0.15, 0.2) is 65.2 Å². The van der Waals surface area contributed by atoms with Gasteiger partial charge in [-0.25, -0.2) is 9.78 Å². The van der Waals surface area contributed by atoms with Crippen LogP contribution < -0.4 is 4.90 Å². The van der Waals surface area contributed by atoms with E-state index in [9.17, 15) is 19.5 Å². The van der Waals surface area contributed by atoms with Crippen molar-refractivity contribution in [3.63, 3.8) is 0 Å². The summed E-state index contributed by atoms with van der Waals surface area (Å²) in [6.07, 6.45) is 4.57. The summed E-state index contributed by atoms with van der Waals surface area (Å²) in [5.41, 5.74) is 2.46. The first-order chi connectivity index (χ1) is 15.3. The lowest BCUT2D eigenvalue weighted by atomic mass is 9.78. The highest BCUT2D eigenvalue weighted by Crippen LogP contribution is 2.40. The van der Waals surface area contributed by atoms with Crippen molar-refractivity contribution in [3.05, 3.63) is 70.7 Å². The lowest BCUT2D eigenvalue weighted by Gasteiger charge is -2.22. The molecule has 1 fully saturated rings. The Morgan fingerprint density at radius 3 is 2.53 bits per heavy atom. The highest BCUT2D eigenvalue weighted by molar-refractivity contribution is 9.10. The number of carboxylic acids is 1. The second-order valence-electron chi connectivity index (χ2n) is 8.24. The van der Waals surface area contributed by atoms with Crippen molar-refractivity contribution in [2.45, 2.75) is 13.3 Å². The largest absolute Gasteiger partial charge is 0.478 e. The smallest absolute Gasteiger partial charge is 0.336 e. The maximum Gasteiger partial charge on any atom is 0.336 e. The summed E-state index contributed by atoms with van der Waals surface area (Å²) in [7, 11) is 0. The van der Waals surface area contributed by atoms with E-state index in [1.54, 1.807) is 42.5 Å². The molecule has 3 atom stereocenters. The van der Waals surface area contributed by atoms with Gasteiger partial charge in [0.15, 0.2) is 0 Å². The summed E-state index contributed by atoms with van der Waals surface area (Å²) in [6, 6.07) is 13.8. The third-order valence-electron chi connectivity index (χ3n) is 6.30. The molecular formula is C25H19BrN2O4. The number of carbonyl (C=O) groups is 3. The molecule has 0 radical (unpaired) electrons. The number of rotatable bonds is 3. The fraction of sp³-hybridized carbons (Fsp3) is 0.200. The van der Waals surface area contributed by atoms with E-state index in [0.717, 1.165) is 4.47 Å². The number of anilines is 1. The van der Waals surface area contributed by atoms with E-state index in [4.69, 9.17) is 0 Å². The monoisotopic (exact) mass is 490 g/mol. The molecule has 2 amide bonds. The van der Waals surface area contributed by atoms with E-state index in [1.165, 1.54) is 4.90 Å². The second-order valence-corrected chi connectivity index (χ2v) is 9.15. The van der Waals surface area contributed by atoms with Crippen LogP contribution in [0.5, 0.6) is 0 Å². The number of amides is 2. The van der Waals surface area contributed by atoms with Crippen molar-refractivity contribution in [3.8, 4) is 11.3 Å². The van der Waals surface area contributed by atoms with Gasteiger partial charge in [-0.15, -0.1) is 0 Å². The Bertz CT molecular complexity index is 1320. The van der Waals surface area contributed by atoms with E-state index < -0.39 is 5.97 Å². The van der Waals surface area contributed by atoms with Crippen LogP contribution in [0.2, 0.25) is 0 Å². The molecule has 1 aliphatic carbocycles. The normalized spacial score (nSPS) is 22.4. The molecule has 6 nitrogen and oxygen atoms in total. The summed E-state index contributed by atoms with van der Waals surface area (Å²) in [6.45, 7) is 1.97. The highest BCUT2D eigenvalue weighted by Gasteiger charge is 2.50. The maximum absolute atomic E-state index is 13.0.